The first-order valence-corrected chi connectivity index (χ1v) is 13.9. The summed E-state index contributed by atoms with van der Waals surface area (Å²) in [6.45, 7) is 5.28. The Bertz CT molecular complexity index is 1290. The third-order valence-electron chi connectivity index (χ3n) is 7.39. The number of benzene rings is 1. The van der Waals surface area contributed by atoms with Crippen molar-refractivity contribution in [3.63, 3.8) is 0 Å². The van der Waals surface area contributed by atoms with Crippen LogP contribution in [0.1, 0.15) is 47.8 Å². The molecule has 3 aromatic rings. The van der Waals surface area contributed by atoms with Gasteiger partial charge in [0.25, 0.3) is 5.91 Å². The first kappa shape index (κ1) is 24.8. The predicted molar refractivity (Wildman–Crippen MR) is 147 cm³/mol. The zero-order chi connectivity index (χ0) is 25.2. The topological polar surface area (TPSA) is 86.5 Å². The molecule has 190 valence electrons. The standard InChI is InChI=1S/C27H36N6O2Si/c1-18-15-19(11-12-28-18)25(34)30-27-29-22-9-5-10-23(36)24(22)33(27)21-8-3-4-14-32(17-21)26(35)20-7-6-13-31(2)16-20/h5,7,9-12,15,21,26,35H,3-4,6,8,13-14,16-17H2,1-2,36H3,(H,29,30,34)/t21-,26?/m1/s1. The maximum Gasteiger partial charge on any atom is 0.258 e. The van der Waals surface area contributed by atoms with Crippen LogP contribution in [0.5, 0.6) is 0 Å². The third-order valence-corrected chi connectivity index (χ3v) is 8.19. The Labute approximate surface area is 215 Å². The number of amides is 1. The van der Waals surface area contributed by atoms with Gasteiger partial charge in [0.05, 0.1) is 11.0 Å². The van der Waals surface area contributed by atoms with E-state index in [1.54, 1.807) is 18.3 Å². The molecule has 2 aromatic heterocycles. The van der Waals surface area contributed by atoms with Gasteiger partial charge in [-0.1, -0.05) is 24.6 Å². The molecule has 1 saturated heterocycles. The quantitative estimate of drug-likeness (QED) is 0.405. The Morgan fingerprint density at radius 2 is 2.11 bits per heavy atom. The summed E-state index contributed by atoms with van der Waals surface area (Å²) in [5.41, 5.74) is 4.46. The minimum Gasteiger partial charge on any atom is -0.374 e. The lowest BCUT2D eigenvalue weighted by Crippen LogP contribution is -2.43. The number of carbonyl (C=O) groups excluding carboxylic acids is 1. The first-order valence-electron chi connectivity index (χ1n) is 12.9. The van der Waals surface area contributed by atoms with Crippen LogP contribution in [0.4, 0.5) is 5.95 Å². The largest absolute Gasteiger partial charge is 0.374 e. The number of likely N-dealkylation sites (tertiary alicyclic amines) is 1. The number of hydrogen-bond donors (Lipinski definition) is 2. The van der Waals surface area contributed by atoms with Gasteiger partial charge < -0.3 is 14.6 Å². The monoisotopic (exact) mass is 504 g/mol. The molecule has 0 bridgehead atoms. The molecule has 0 saturated carbocycles. The Balaban J connectivity index is 1.49. The molecular weight excluding hydrogens is 468 g/mol. The molecule has 2 atom stereocenters. The molecule has 9 heteroatoms. The molecule has 0 aliphatic carbocycles. The highest BCUT2D eigenvalue weighted by Gasteiger charge is 2.30. The first-order chi connectivity index (χ1) is 17.4. The minimum absolute atomic E-state index is 0.0960. The van der Waals surface area contributed by atoms with Gasteiger partial charge in [0.1, 0.15) is 6.23 Å². The number of anilines is 1. The second-order valence-corrected chi connectivity index (χ2v) is 11.3. The number of fused-ring (bicyclic) bond motifs is 1. The summed E-state index contributed by atoms with van der Waals surface area (Å²) in [5, 5.41) is 15.7. The number of aryl methyl sites for hydroxylation is 1. The van der Waals surface area contributed by atoms with E-state index in [9.17, 15) is 9.90 Å². The number of imidazole rings is 1. The average Bonchev–Trinajstić information content (AvgIpc) is 3.05. The molecule has 8 nitrogen and oxygen atoms in total. The maximum atomic E-state index is 13.2. The minimum atomic E-state index is -0.587. The summed E-state index contributed by atoms with van der Waals surface area (Å²) in [7, 11) is 2.98. The molecule has 1 fully saturated rings. The average molecular weight is 505 g/mol. The van der Waals surface area contributed by atoms with Crippen LogP contribution in [0.15, 0.2) is 48.2 Å². The number of aliphatic hydroxyl groups excluding tert-OH is 1. The third kappa shape index (κ3) is 5.15. The van der Waals surface area contributed by atoms with Gasteiger partial charge in [-0.3, -0.25) is 20.0 Å². The van der Waals surface area contributed by atoms with Crippen LogP contribution in [-0.4, -0.2) is 85.0 Å². The van der Waals surface area contributed by atoms with Gasteiger partial charge in [-0.15, -0.1) is 0 Å². The van der Waals surface area contributed by atoms with Crippen molar-refractivity contribution in [1.29, 1.82) is 0 Å². The Morgan fingerprint density at radius 1 is 1.25 bits per heavy atom. The van der Waals surface area contributed by atoms with E-state index in [1.165, 1.54) is 5.19 Å². The van der Waals surface area contributed by atoms with E-state index in [2.05, 4.69) is 43.9 Å². The second kappa shape index (κ2) is 10.6. The van der Waals surface area contributed by atoms with Crippen molar-refractivity contribution in [1.82, 2.24) is 24.3 Å². The Morgan fingerprint density at radius 3 is 2.92 bits per heavy atom. The van der Waals surface area contributed by atoms with Crippen LogP contribution in [0.3, 0.4) is 0 Å². The summed E-state index contributed by atoms with van der Waals surface area (Å²) < 4.78 is 2.23. The van der Waals surface area contributed by atoms with E-state index in [0.717, 1.165) is 77.9 Å². The smallest absolute Gasteiger partial charge is 0.258 e. The SMILES string of the molecule is Cc1cc(C(=O)Nc2nc3cccc([SiH3])c3n2[C@@H]2CCCCN(C(O)C3=CCCN(C)C3)C2)ccn1. The lowest BCUT2D eigenvalue weighted by Gasteiger charge is -2.34. The summed E-state index contributed by atoms with van der Waals surface area (Å²) in [6, 6.07) is 9.82. The zero-order valence-electron chi connectivity index (χ0n) is 21.4. The van der Waals surface area contributed by atoms with E-state index < -0.39 is 6.23 Å². The van der Waals surface area contributed by atoms with Crippen molar-refractivity contribution >= 4 is 38.3 Å². The van der Waals surface area contributed by atoms with Crippen LogP contribution >= 0.6 is 0 Å². The van der Waals surface area contributed by atoms with Crippen molar-refractivity contribution in [2.24, 2.45) is 0 Å². The molecule has 1 amide bonds. The van der Waals surface area contributed by atoms with Crippen LogP contribution in [-0.2, 0) is 0 Å². The van der Waals surface area contributed by atoms with Crippen molar-refractivity contribution in [2.45, 2.75) is 44.9 Å². The summed E-state index contributed by atoms with van der Waals surface area (Å²) in [4.78, 5) is 26.8. The van der Waals surface area contributed by atoms with Crippen molar-refractivity contribution in [2.75, 3.05) is 38.5 Å². The molecular formula is C27H36N6O2Si. The Kier molecular flexibility index (Phi) is 7.33. The van der Waals surface area contributed by atoms with Gasteiger partial charge >= 0.3 is 0 Å². The lowest BCUT2D eigenvalue weighted by molar-refractivity contribution is 0.0218. The number of pyridine rings is 1. The van der Waals surface area contributed by atoms with Gasteiger partial charge in [-0.25, -0.2) is 4.98 Å². The summed E-state index contributed by atoms with van der Waals surface area (Å²) in [6.07, 6.45) is 7.32. The molecule has 4 heterocycles. The Hall–Kier alpha value is -2.85. The highest BCUT2D eigenvalue weighted by atomic mass is 28.1. The van der Waals surface area contributed by atoms with E-state index in [4.69, 9.17) is 4.98 Å². The second-order valence-electron chi connectivity index (χ2n) is 10.2. The zero-order valence-corrected chi connectivity index (χ0v) is 23.4. The fourth-order valence-electron chi connectivity index (χ4n) is 5.55. The maximum absolute atomic E-state index is 13.2. The van der Waals surface area contributed by atoms with Gasteiger partial charge in [-0.05, 0) is 62.2 Å². The number of nitrogens with zero attached hydrogens (tertiary/aromatic N) is 5. The lowest BCUT2D eigenvalue weighted by atomic mass is 10.1. The van der Waals surface area contributed by atoms with Crippen molar-refractivity contribution in [3.05, 3.63) is 59.4 Å². The molecule has 0 spiro atoms. The van der Waals surface area contributed by atoms with E-state index in [0.29, 0.717) is 18.1 Å². The van der Waals surface area contributed by atoms with Crippen LogP contribution < -0.4 is 10.5 Å². The molecule has 1 unspecified atom stereocenters. The number of carbonyl (C=O) groups is 1. The van der Waals surface area contributed by atoms with E-state index >= 15 is 0 Å². The molecule has 1 aromatic carbocycles. The molecule has 2 aliphatic rings. The van der Waals surface area contributed by atoms with Crippen molar-refractivity contribution < 1.29 is 9.90 Å². The highest BCUT2D eigenvalue weighted by Crippen LogP contribution is 2.31. The summed E-state index contributed by atoms with van der Waals surface area (Å²) >= 11 is 0. The van der Waals surface area contributed by atoms with Crippen LogP contribution in [0.2, 0.25) is 0 Å². The van der Waals surface area contributed by atoms with Crippen molar-refractivity contribution in [3.8, 4) is 0 Å². The fraction of sp³-hybridized carbons (Fsp3) is 0.444. The number of rotatable bonds is 5. The van der Waals surface area contributed by atoms with E-state index in [1.807, 2.05) is 19.1 Å². The number of aromatic nitrogens is 3. The predicted octanol–water partition coefficient (Wildman–Crippen LogP) is 1.59. The highest BCUT2D eigenvalue weighted by molar-refractivity contribution is 6.38. The fourth-order valence-corrected chi connectivity index (χ4v) is 6.24. The van der Waals surface area contributed by atoms with Crippen LogP contribution in [0, 0.1) is 6.92 Å². The normalized spacial score (nSPS) is 20.8. The van der Waals surface area contributed by atoms with Gasteiger partial charge in [0, 0.05) is 59.9 Å². The number of hydrogen-bond acceptors (Lipinski definition) is 6. The molecule has 2 N–H and O–H groups in total. The molecule has 36 heavy (non-hydrogen) atoms. The van der Waals surface area contributed by atoms with E-state index in [-0.39, 0.29) is 11.9 Å². The van der Waals surface area contributed by atoms with Crippen LogP contribution in [0.25, 0.3) is 11.0 Å². The molecule has 0 radical (unpaired) electrons. The molecule has 2 aliphatic heterocycles. The van der Waals surface area contributed by atoms with Gasteiger partial charge in [0.2, 0.25) is 5.95 Å². The number of para-hydroxylation sites is 1. The number of aliphatic hydroxyl groups is 1. The summed E-state index contributed by atoms with van der Waals surface area (Å²) in [5.74, 6) is 0.388. The number of likely N-dealkylation sites (N-methyl/N-ethyl adjacent to an activating group) is 1. The number of nitrogens with one attached hydrogen (secondary N) is 1. The van der Waals surface area contributed by atoms with Gasteiger partial charge in [-0.2, -0.15) is 0 Å². The molecule has 5 rings (SSSR count). The van der Waals surface area contributed by atoms with Gasteiger partial charge in [0.15, 0.2) is 0 Å².